The maximum Gasteiger partial charge on any atom is 0.319 e. The lowest BCUT2D eigenvalue weighted by Gasteiger charge is -2.08. The first-order valence-corrected chi connectivity index (χ1v) is 7.70. The molecule has 0 atom stereocenters. The Kier molecular flexibility index (Phi) is 7.57. The average molecular weight is 296 g/mol. The van der Waals surface area contributed by atoms with Crippen LogP contribution in [0.2, 0.25) is 0 Å². The molecule has 0 saturated heterocycles. The highest BCUT2D eigenvalue weighted by atomic mass is 32.2. The van der Waals surface area contributed by atoms with E-state index in [0.717, 1.165) is 17.2 Å². The molecule has 1 aromatic carbocycles. The molecule has 0 heterocycles. The average Bonchev–Trinajstić information content (AvgIpc) is 2.43. The summed E-state index contributed by atoms with van der Waals surface area (Å²) in [5, 5.41) is 13.8. The number of carboxylic acid groups (broad SMARTS) is 1. The molecule has 3 N–H and O–H groups in total. The third-order valence-corrected chi connectivity index (χ3v) is 3.48. The smallest absolute Gasteiger partial charge is 0.319 e. The fourth-order valence-electron chi connectivity index (χ4n) is 1.52. The third-order valence-electron chi connectivity index (χ3n) is 2.54. The van der Waals surface area contributed by atoms with Crippen LogP contribution in [0.5, 0.6) is 0 Å². The van der Waals surface area contributed by atoms with Gasteiger partial charge < -0.3 is 15.7 Å². The topological polar surface area (TPSA) is 78.4 Å². The van der Waals surface area contributed by atoms with Crippen molar-refractivity contribution in [3.8, 4) is 0 Å². The highest BCUT2D eigenvalue weighted by Crippen LogP contribution is 2.14. The minimum absolute atomic E-state index is 0.0596. The van der Waals surface area contributed by atoms with Gasteiger partial charge in [-0.05, 0) is 29.9 Å². The summed E-state index contributed by atoms with van der Waals surface area (Å²) in [5.41, 5.74) is 1.95. The molecular formula is C14H20N2O3S. The van der Waals surface area contributed by atoms with E-state index < -0.39 is 5.97 Å². The van der Waals surface area contributed by atoms with Crippen molar-refractivity contribution in [3.63, 3.8) is 0 Å². The Labute approximate surface area is 123 Å². The zero-order chi connectivity index (χ0) is 14.8. The van der Waals surface area contributed by atoms with Crippen molar-refractivity contribution in [2.24, 2.45) is 0 Å². The Morgan fingerprint density at radius 3 is 2.55 bits per heavy atom. The number of aliphatic carboxylic acids is 1. The second-order valence-corrected chi connectivity index (χ2v) is 5.49. The Morgan fingerprint density at radius 2 is 1.95 bits per heavy atom. The van der Waals surface area contributed by atoms with E-state index in [4.69, 9.17) is 5.11 Å². The molecule has 0 aliphatic carbocycles. The number of amides is 2. The number of benzene rings is 1. The number of carbonyl (C=O) groups is 2. The van der Waals surface area contributed by atoms with Crippen molar-refractivity contribution < 1.29 is 14.7 Å². The van der Waals surface area contributed by atoms with E-state index in [1.54, 1.807) is 0 Å². The standard InChI is InChI=1S/C14H20N2O3S/c1-2-20-10-11-5-7-12(8-6-11)16-14(19)15-9-3-4-13(17)18/h5-8H,2-4,9-10H2,1H3,(H,17,18)(H2,15,16,19). The Bertz CT molecular complexity index is 435. The number of anilines is 1. The molecule has 20 heavy (non-hydrogen) atoms. The van der Waals surface area contributed by atoms with Crippen molar-refractivity contribution in [2.45, 2.75) is 25.5 Å². The van der Waals surface area contributed by atoms with E-state index in [9.17, 15) is 9.59 Å². The molecule has 0 radical (unpaired) electrons. The van der Waals surface area contributed by atoms with Crippen LogP contribution in [0.3, 0.4) is 0 Å². The maximum absolute atomic E-state index is 11.5. The minimum atomic E-state index is -0.854. The van der Waals surface area contributed by atoms with Crippen LogP contribution < -0.4 is 10.6 Å². The first-order chi connectivity index (χ1) is 9.61. The Hall–Kier alpha value is -1.69. The van der Waals surface area contributed by atoms with Crippen molar-refractivity contribution in [1.82, 2.24) is 5.32 Å². The number of thioether (sulfide) groups is 1. The van der Waals surface area contributed by atoms with Gasteiger partial charge in [0.25, 0.3) is 0 Å². The van der Waals surface area contributed by atoms with E-state index >= 15 is 0 Å². The lowest BCUT2D eigenvalue weighted by Crippen LogP contribution is -2.29. The van der Waals surface area contributed by atoms with Crippen LogP contribution in [0.1, 0.15) is 25.3 Å². The van der Waals surface area contributed by atoms with Crippen LogP contribution in [0.4, 0.5) is 10.5 Å². The van der Waals surface area contributed by atoms with Gasteiger partial charge in [0.2, 0.25) is 0 Å². The molecule has 0 unspecified atom stereocenters. The van der Waals surface area contributed by atoms with Gasteiger partial charge >= 0.3 is 12.0 Å². The SMILES string of the molecule is CCSCc1ccc(NC(=O)NCCCC(=O)O)cc1. The largest absolute Gasteiger partial charge is 0.481 e. The zero-order valence-electron chi connectivity index (χ0n) is 11.5. The molecule has 0 aromatic heterocycles. The zero-order valence-corrected chi connectivity index (χ0v) is 12.3. The summed E-state index contributed by atoms with van der Waals surface area (Å²) < 4.78 is 0. The summed E-state index contributed by atoms with van der Waals surface area (Å²) in [6.07, 6.45) is 0.486. The predicted molar refractivity (Wildman–Crippen MR) is 82.2 cm³/mol. The summed E-state index contributed by atoms with van der Waals surface area (Å²) >= 11 is 1.85. The normalized spacial score (nSPS) is 10.1. The third kappa shape index (κ3) is 7.04. The van der Waals surface area contributed by atoms with E-state index in [-0.39, 0.29) is 12.5 Å². The van der Waals surface area contributed by atoms with E-state index in [2.05, 4.69) is 17.6 Å². The molecule has 110 valence electrons. The number of nitrogens with one attached hydrogen (secondary N) is 2. The molecule has 0 aliphatic rings. The van der Waals surface area contributed by atoms with Gasteiger partial charge in [0.05, 0.1) is 0 Å². The summed E-state index contributed by atoms with van der Waals surface area (Å²) in [7, 11) is 0. The molecule has 0 bridgehead atoms. The molecule has 0 saturated carbocycles. The van der Waals surface area contributed by atoms with Gasteiger partial charge in [-0.2, -0.15) is 11.8 Å². The highest BCUT2D eigenvalue weighted by molar-refractivity contribution is 7.98. The summed E-state index contributed by atoms with van der Waals surface area (Å²) in [6, 6.07) is 7.39. The van der Waals surface area contributed by atoms with Gasteiger partial charge in [-0.25, -0.2) is 4.79 Å². The first-order valence-electron chi connectivity index (χ1n) is 6.55. The van der Waals surface area contributed by atoms with E-state index in [1.807, 2.05) is 36.0 Å². The van der Waals surface area contributed by atoms with Crippen LogP contribution in [0, 0.1) is 0 Å². The van der Waals surface area contributed by atoms with E-state index in [1.165, 1.54) is 5.56 Å². The number of hydrogen-bond donors (Lipinski definition) is 3. The molecule has 0 fully saturated rings. The van der Waals surface area contributed by atoms with Gasteiger partial charge in [0, 0.05) is 24.4 Å². The van der Waals surface area contributed by atoms with Crippen molar-refractivity contribution in [3.05, 3.63) is 29.8 Å². The Balaban J connectivity index is 2.29. The van der Waals surface area contributed by atoms with E-state index in [0.29, 0.717) is 13.0 Å². The van der Waals surface area contributed by atoms with Crippen LogP contribution in [0.15, 0.2) is 24.3 Å². The van der Waals surface area contributed by atoms with Crippen LogP contribution in [-0.2, 0) is 10.5 Å². The van der Waals surface area contributed by atoms with Crippen molar-refractivity contribution in [1.29, 1.82) is 0 Å². The summed E-state index contributed by atoms with van der Waals surface area (Å²) in [6.45, 7) is 2.47. The van der Waals surface area contributed by atoms with Gasteiger partial charge in [-0.3, -0.25) is 4.79 Å². The van der Waals surface area contributed by atoms with Crippen LogP contribution in [0.25, 0.3) is 0 Å². The lowest BCUT2D eigenvalue weighted by atomic mass is 10.2. The van der Waals surface area contributed by atoms with Gasteiger partial charge in [0.1, 0.15) is 0 Å². The number of hydrogen-bond acceptors (Lipinski definition) is 3. The number of carboxylic acids is 1. The molecule has 0 spiro atoms. The molecule has 0 aliphatic heterocycles. The number of rotatable bonds is 8. The lowest BCUT2D eigenvalue weighted by molar-refractivity contribution is -0.137. The van der Waals surface area contributed by atoms with Crippen molar-refractivity contribution in [2.75, 3.05) is 17.6 Å². The fourth-order valence-corrected chi connectivity index (χ4v) is 2.15. The highest BCUT2D eigenvalue weighted by Gasteiger charge is 2.02. The first kappa shape index (κ1) is 16.4. The van der Waals surface area contributed by atoms with Crippen LogP contribution >= 0.6 is 11.8 Å². The maximum atomic E-state index is 11.5. The van der Waals surface area contributed by atoms with Gasteiger partial charge in [-0.1, -0.05) is 19.1 Å². The molecule has 1 rings (SSSR count). The van der Waals surface area contributed by atoms with Gasteiger partial charge in [-0.15, -0.1) is 0 Å². The monoisotopic (exact) mass is 296 g/mol. The molecule has 2 amide bonds. The summed E-state index contributed by atoms with van der Waals surface area (Å²) in [4.78, 5) is 21.9. The molecule has 5 nitrogen and oxygen atoms in total. The minimum Gasteiger partial charge on any atom is -0.481 e. The molecule has 6 heteroatoms. The second kappa shape index (κ2) is 9.25. The molecule has 1 aromatic rings. The number of urea groups is 1. The van der Waals surface area contributed by atoms with Gasteiger partial charge in [0.15, 0.2) is 0 Å². The fraction of sp³-hybridized carbons (Fsp3) is 0.429. The van der Waals surface area contributed by atoms with Crippen LogP contribution in [-0.4, -0.2) is 29.4 Å². The predicted octanol–water partition coefficient (Wildman–Crippen LogP) is 2.93. The summed E-state index contributed by atoms with van der Waals surface area (Å²) in [5.74, 6) is 1.20. The quantitative estimate of drug-likeness (QED) is 0.644. The molecular weight excluding hydrogens is 276 g/mol. The Morgan fingerprint density at radius 1 is 1.25 bits per heavy atom. The second-order valence-electron chi connectivity index (χ2n) is 4.21. The van der Waals surface area contributed by atoms with Crippen molar-refractivity contribution >= 4 is 29.4 Å². The number of carbonyl (C=O) groups excluding carboxylic acids is 1.